The summed E-state index contributed by atoms with van der Waals surface area (Å²) < 4.78 is 37.5. The molecule has 6 heteroatoms. The molecule has 0 aliphatic rings. The summed E-state index contributed by atoms with van der Waals surface area (Å²) in [5.74, 6) is 0. The van der Waals surface area contributed by atoms with Gasteiger partial charge < -0.3 is 9.97 Å². The molecule has 0 amide bonds. The van der Waals surface area contributed by atoms with Crippen LogP contribution < -0.4 is 5.69 Å². The molecule has 0 saturated heterocycles. The molecule has 0 saturated carbocycles. The molecule has 0 aliphatic heterocycles. The van der Waals surface area contributed by atoms with Crippen molar-refractivity contribution in [2.45, 2.75) is 13.1 Å². The number of alkyl halides is 3. The van der Waals surface area contributed by atoms with Gasteiger partial charge in [0.25, 0.3) is 0 Å². The number of H-pyrrole nitrogens is 2. The van der Waals surface area contributed by atoms with Crippen LogP contribution in [0.15, 0.2) is 29.1 Å². The number of nitrogens with one attached hydrogen (secondary N) is 2. The maximum Gasteiger partial charge on any atom is 0.416 e. The average molecular weight is 242 g/mol. The number of imidazole rings is 1. The van der Waals surface area contributed by atoms with E-state index in [9.17, 15) is 18.0 Å². The van der Waals surface area contributed by atoms with E-state index in [4.69, 9.17) is 0 Å². The van der Waals surface area contributed by atoms with Gasteiger partial charge in [0.1, 0.15) is 0 Å². The van der Waals surface area contributed by atoms with Gasteiger partial charge in [-0.2, -0.15) is 13.2 Å². The van der Waals surface area contributed by atoms with Crippen LogP contribution in [0, 0.1) is 6.92 Å². The van der Waals surface area contributed by atoms with Crippen molar-refractivity contribution in [1.29, 1.82) is 0 Å². The maximum absolute atomic E-state index is 12.5. The fourth-order valence-electron chi connectivity index (χ4n) is 1.61. The highest BCUT2D eigenvalue weighted by atomic mass is 19.4. The molecule has 1 aromatic carbocycles. The van der Waals surface area contributed by atoms with Crippen LogP contribution in [-0.2, 0) is 6.18 Å². The predicted octanol–water partition coefficient (Wildman–Crippen LogP) is 2.70. The van der Waals surface area contributed by atoms with Gasteiger partial charge in [0.2, 0.25) is 0 Å². The largest absolute Gasteiger partial charge is 0.416 e. The van der Waals surface area contributed by atoms with Crippen LogP contribution in [-0.4, -0.2) is 9.97 Å². The van der Waals surface area contributed by atoms with Gasteiger partial charge in [-0.05, 0) is 19.1 Å². The molecule has 0 fully saturated rings. The topological polar surface area (TPSA) is 48.6 Å². The second-order valence-electron chi connectivity index (χ2n) is 3.66. The molecule has 0 aliphatic carbocycles. The van der Waals surface area contributed by atoms with E-state index >= 15 is 0 Å². The Morgan fingerprint density at radius 2 is 1.88 bits per heavy atom. The van der Waals surface area contributed by atoms with Crippen LogP contribution in [0.25, 0.3) is 11.3 Å². The highest BCUT2D eigenvalue weighted by molar-refractivity contribution is 5.62. The predicted molar refractivity (Wildman–Crippen MR) is 56.6 cm³/mol. The standard InChI is InChI=1S/C11H9F3N2O/c1-6-9(16-10(17)15-6)7-3-2-4-8(5-7)11(12,13)14/h2-5H,1H3,(H2,15,16,17). The SMILES string of the molecule is Cc1[nH]c(=O)[nH]c1-c1cccc(C(F)(F)F)c1. The summed E-state index contributed by atoms with van der Waals surface area (Å²) in [5.41, 5.74) is 0.0393. The average Bonchev–Trinajstić information content (AvgIpc) is 2.57. The van der Waals surface area contributed by atoms with E-state index in [1.807, 2.05) is 0 Å². The van der Waals surface area contributed by atoms with E-state index < -0.39 is 17.4 Å². The minimum Gasteiger partial charge on any atom is -0.310 e. The molecule has 2 N–H and O–H groups in total. The van der Waals surface area contributed by atoms with Crippen molar-refractivity contribution in [2.24, 2.45) is 0 Å². The molecule has 1 heterocycles. The van der Waals surface area contributed by atoms with Gasteiger partial charge in [-0.1, -0.05) is 12.1 Å². The smallest absolute Gasteiger partial charge is 0.310 e. The van der Waals surface area contributed by atoms with Crippen molar-refractivity contribution in [3.8, 4) is 11.3 Å². The maximum atomic E-state index is 12.5. The number of aryl methyl sites for hydroxylation is 1. The van der Waals surface area contributed by atoms with E-state index in [2.05, 4.69) is 9.97 Å². The zero-order valence-corrected chi connectivity index (χ0v) is 8.85. The molecule has 0 atom stereocenters. The summed E-state index contributed by atoms with van der Waals surface area (Å²) >= 11 is 0. The second-order valence-corrected chi connectivity index (χ2v) is 3.66. The third-order valence-corrected chi connectivity index (χ3v) is 2.39. The van der Waals surface area contributed by atoms with Crippen LogP contribution >= 0.6 is 0 Å². The zero-order valence-electron chi connectivity index (χ0n) is 8.85. The summed E-state index contributed by atoms with van der Waals surface area (Å²) in [5, 5.41) is 0. The van der Waals surface area contributed by atoms with Gasteiger partial charge in [0.15, 0.2) is 0 Å². The first-order valence-electron chi connectivity index (χ1n) is 4.84. The van der Waals surface area contributed by atoms with Crippen LogP contribution in [0.1, 0.15) is 11.3 Å². The van der Waals surface area contributed by atoms with Crippen molar-refractivity contribution in [2.75, 3.05) is 0 Å². The van der Waals surface area contributed by atoms with Gasteiger partial charge in [-0.15, -0.1) is 0 Å². The Morgan fingerprint density at radius 3 is 2.41 bits per heavy atom. The number of hydrogen-bond acceptors (Lipinski definition) is 1. The first kappa shape index (κ1) is 11.5. The Hall–Kier alpha value is -1.98. The number of rotatable bonds is 1. The van der Waals surface area contributed by atoms with E-state index in [1.54, 1.807) is 6.92 Å². The Bertz CT molecular complexity index is 595. The van der Waals surface area contributed by atoms with Crippen LogP contribution in [0.5, 0.6) is 0 Å². The third kappa shape index (κ3) is 2.25. The summed E-state index contributed by atoms with van der Waals surface area (Å²) in [4.78, 5) is 16.0. The third-order valence-electron chi connectivity index (χ3n) is 2.39. The highest BCUT2D eigenvalue weighted by Gasteiger charge is 2.30. The molecule has 2 aromatic rings. The summed E-state index contributed by atoms with van der Waals surface area (Å²) in [6.45, 7) is 1.62. The zero-order chi connectivity index (χ0) is 12.6. The minimum absolute atomic E-state index is 0.329. The lowest BCUT2D eigenvalue weighted by Gasteiger charge is -2.08. The Balaban J connectivity index is 2.54. The molecular weight excluding hydrogens is 233 g/mol. The number of hydrogen-bond donors (Lipinski definition) is 2. The number of halogens is 3. The van der Waals surface area contributed by atoms with E-state index in [-0.39, 0.29) is 0 Å². The van der Waals surface area contributed by atoms with Crippen molar-refractivity contribution in [1.82, 2.24) is 9.97 Å². The molecule has 17 heavy (non-hydrogen) atoms. The molecule has 0 spiro atoms. The number of aromatic amines is 2. The van der Waals surface area contributed by atoms with Gasteiger partial charge in [-0.25, -0.2) is 4.79 Å². The Kier molecular flexibility index (Phi) is 2.57. The molecule has 0 bridgehead atoms. The summed E-state index contributed by atoms with van der Waals surface area (Å²) in [6, 6.07) is 4.82. The molecule has 3 nitrogen and oxygen atoms in total. The molecular formula is C11H9F3N2O. The van der Waals surface area contributed by atoms with Gasteiger partial charge in [0, 0.05) is 11.3 Å². The van der Waals surface area contributed by atoms with Gasteiger partial charge in [0.05, 0.1) is 11.3 Å². The lowest BCUT2D eigenvalue weighted by Crippen LogP contribution is -2.04. The van der Waals surface area contributed by atoms with E-state index in [0.29, 0.717) is 17.0 Å². The monoisotopic (exact) mass is 242 g/mol. The fourth-order valence-corrected chi connectivity index (χ4v) is 1.61. The summed E-state index contributed by atoms with van der Waals surface area (Å²) in [6.07, 6.45) is -4.39. The highest BCUT2D eigenvalue weighted by Crippen LogP contribution is 2.31. The molecule has 0 unspecified atom stereocenters. The van der Waals surface area contributed by atoms with E-state index in [0.717, 1.165) is 12.1 Å². The van der Waals surface area contributed by atoms with Crippen molar-refractivity contribution >= 4 is 0 Å². The first-order chi connectivity index (χ1) is 7.88. The van der Waals surface area contributed by atoms with Crippen LogP contribution in [0.3, 0.4) is 0 Å². The molecule has 0 radical (unpaired) electrons. The van der Waals surface area contributed by atoms with Crippen molar-refractivity contribution in [3.63, 3.8) is 0 Å². The quantitative estimate of drug-likeness (QED) is 0.793. The van der Waals surface area contributed by atoms with Gasteiger partial charge >= 0.3 is 11.9 Å². The lowest BCUT2D eigenvalue weighted by molar-refractivity contribution is -0.137. The number of benzene rings is 1. The Morgan fingerprint density at radius 1 is 1.18 bits per heavy atom. The minimum atomic E-state index is -4.39. The molecule has 1 aromatic heterocycles. The van der Waals surface area contributed by atoms with Gasteiger partial charge in [-0.3, -0.25) is 0 Å². The first-order valence-corrected chi connectivity index (χ1v) is 4.84. The van der Waals surface area contributed by atoms with E-state index in [1.165, 1.54) is 12.1 Å². The second kappa shape index (κ2) is 3.80. The lowest BCUT2D eigenvalue weighted by atomic mass is 10.1. The molecule has 2 rings (SSSR count). The fraction of sp³-hybridized carbons (Fsp3) is 0.182. The van der Waals surface area contributed by atoms with Crippen LogP contribution in [0.2, 0.25) is 0 Å². The normalized spacial score (nSPS) is 11.8. The van der Waals surface area contributed by atoms with Crippen molar-refractivity contribution < 1.29 is 13.2 Å². The Labute approximate surface area is 94.3 Å². The van der Waals surface area contributed by atoms with Crippen LogP contribution in [0.4, 0.5) is 13.2 Å². The molecule has 90 valence electrons. The van der Waals surface area contributed by atoms with Crippen molar-refractivity contribution in [3.05, 3.63) is 46.0 Å². The summed E-state index contributed by atoms with van der Waals surface area (Å²) in [7, 11) is 0. The number of aromatic nitrogens is 2.